The van der Waals surface area contributed by atoms with Crippen molar-refractivity contribution in [2.45, 2.75) is 30.1 Å². The van der Waals surface area contributed by atoms with Gasteiger partial charge in [0.05, 0.1) is 4.90 Å². The monoisotopic (exact) mass is 489 g/mol. The van der Waals surface area contributed by atoms with E-state index in [1.165, 1.54) is 29.2 Å². The van der Waals surface area contributed by atoms with Crippen LogP contribution < -0.4 is 15.4 Å². The second-order valence-corrected chi connectivity index (χ2v) is 8.55. The van der Waals surface area contributed by atoms with Crippen LogP contribution in [0.2, 0.25) is 0 Å². The SMILES string of the molecule is O=C(Nc1ccc(OC(F)(F)F)cc1)NC1CCN(C(=O)c2cccc(S(=O)(=O)F)c2)CC1. The molecule has 8 nitrogen and oxygen atoms in total. The number of anilines is 1. The van der Waals surface area contributed by atoms with Crippen LogP contribution in [0.3, 0.4) is 0 Å². The van der Waals surface area contributed by atoms with E-state index in [9.17, 15) is 35.1 Å². The van der Waals surface area contributed by atoms with Crippen LogP contribution in [0.1, 0.15) is 23.2 Å². The third-order valence-electron chi connectivity index (χ3n) is 4.83. The number of alkyl halides is 3. The van der Waals surface area contributed by atoms with Crippen molar-refractivity contribution in [3.8, 4) is 5.75 Å². The first-order valence-corrected chi connectivity index (χ1v) is 11.1. The number of nitrogens with one attached hydrogen (secondary N) is 2. The van der Waals surface area contributed by atoms with E-state index in [0.717, 1.165) is 24.3 Å². The Hall–Kier alpha value is -3.35. The number of carbonyl (C=O) groups excluding carboxylic acids is 2. The standard InChI is InChI=1S/C20H19F4N3O5S/c21-20(22,23)32-16-6-4-14(5-7-16)25-19(29)26-15-8-10-27(11-9-15)18(28)13-2-1-3-17(12-13)33(24,30)31/h1-7,12,15H,8-11H2,(H2,25,26,29). The number of rotatable bonds is 5. The highest BCUT2D eigenvalue weighted by Gasteiger charge is 2.31. The molecule has 0 atom stereocenters. The number of ether oxygens (including phenoxy) is 1. The highest BCUT2D eigenvalue weighted by atomic mass is 32.3. The maximum Gasteiger partial charge on any atom is 0.573 e. The molecule has 0 spiro atoms. The molecule has 178 valence electrons. The quantitative estimate of drug-likeness (QED) is 0.493. The van der Waals surface area contributed by atoms with Crippen LogP contribution in [0.5, 0.6) is 5.75 Å². The van der Waals surface area contributed by atoms with Gasteiger partial charge in [-0.1, -0.05) is 6.07 Å². The van der Waals surface area contributed by atoms with Gasteiger partial charge in [-0.2, -0.15) is 8.42 Å². The molecule has 2 N–H and O–H groups in total. The fraction of sp³-hybridized carbons (Fsp3) is 0.300. The molecule has 0 aliphatic carbocycles. The van der Waals surface area contributed by atoms with Gasteiger partial charge in [-0.3, -0.25) is 4.79 Å². The Morgan fingerprint density at radius 1 is 1.03 bits per heavy atom. The molecular weight excluding hydrogens is 470 g/mol. The molecule has 2 aromatic carbocycles. The van der Waals surface area contributed by atoms with Gasteiger partial charge in [0.2, 0.25) is 0 Å². The number of hydrogen-bond donors (Lipinski definition) is 2. The number of likely N-dealkylation sites (tertiary alicyclic amines) is 1. The summed E-state index contributed by atoms with van der Waals surface area (Å²) in [5.74, 6) is -0.871. The molecule has 33 heavy (non-hydrogen) atoms. The Balaban J connectivity index is 1.49. The molecule has 2 aromatic rings. The molecule has 0 unspecified atom stereocenters. The number of hydrogen-bond acceptors (Lipinski definition) is 5. The summed E-state index contributed by atoms with van der Waals surface area (Å²) in [6.07, 6.45) is -3.98. The van der Waals surface area contributed by atoms with Gasteiger partial charge < -0.3 is 20.3 Å². The summed E-state index contributed by atoms with van der Waals surface area (Å²) in [5, 5.41) is 5.22. The smallest absolute Gasteiger partial charge is 0.406 e. The number of urea groups is 1. The van der Waals surface area contributed by atoms with Crippen molar-refractivity contribution < 1.29 is 39.8 Å². The lowest BCUT2D eigenvalue weighted by Crippen LogP contribution is -2.47. The molecule has 13 heteroatoms. The first-order valence-electron chi connectivity index (χ1n) is 9.68. The van der Waals surface area contributed by atoms with Crippen LogP contribution in [0.15, 0.2) is 53.4 Å². The lowest BCUT2D eigenvalue weighted by atomic mass is 10.0. The van der Waals surface area contributed by atoms with Crippen molar-refractivity contribution in [3.05, 3.63) is 54.1 Å². The fourth-order valence-electron chi connectivity index (χ4n) is 3.28. The van der Waals surface area contributed by atoms with Gasteiger partial charge in [-0.25, -0.2) is 4.79 Å². The third-order valence-corrected chi connectivity index (χ3v) is 5.64. The zero-order valence-electron chi connectivity index (χ0n) is 16.9. The summed E-state index contributed by atoms with van der Waals surface area (Å²) >= 11 is 0. The average molecular weight is 489 g/mol. The van der Waals surface area contributed by atoms with E-state index in [4.69, 9.17) is 0 Å². The predicted octanol–water partition coefficient (Wildman–Crippen LogP) is 3.67. The molecule has 0 saturated carbocycles. The van der Waals surface area contributed by atoms with Crippen molar-refractivity contribution in [1.82, 2.24) is 10.2 Å². The summed E-state index contributed by atoms with van der Waals surface area (Å²) < 4.78 is 75.6. The van der Waals surface area contributed by atoms with Crippen LogP contribution in [0, 0.1) is 0 Å². The number of carbonyl (C=O) groups is 2. The van der Waals surface area contributed by atoms with Gasteiger partial charge >= 0.3 is 22.6 Å². The Bertz CT molecular complexity index is 1120. The van der Waals surface area contributed by atoms with E-state index in [1.807, 2.05) is 0 Å². The molecule has 3 rings (SSSR count). The normalized spacial score (nSPS) is 15.1. The second-order valence-electron chi connectivity index (χ2n) is 7.20. The molecule has 1 fully saturated rings. The summed E-state index contributed by atoms with van der Waals surface area (Å²) in [7, 11) is -4.93. The number of nitrogens with zero attached hydrogens (tertiary/aromatic N) is 1. The van der Waals surface area contributed by atoms with Crippen molar-refractivity contribution in [2.75, 3.05) is 18.4 Å². The van der Waals surface area contributed by atoms with Crippen LogP contribution in [0.4, 0.5) is 27.5 Å². The minimum absolute atomic E-state index is 0.0378. The Morgan fingerprint density at radius 2 is 1.67 bits per heavy atom. The van der Waals surface area contributed by atoms with Crippen molar-refractivity contribution in [3.63, 3.8) is 0 Å². The lowest BCUT2D eigenvalue weighted by molar-refractivity contribution is -0.274. The Kier molecular flexibility index (Phi) is 7.10. The van der Waals surface area contributed by atoms with Gasteiger partial charge in [0.15, 0.2) is 0 Å². The molecule has 0 bridgehead atoms. The Labute approximate surface area is 186 Å². The van der Waals surface area contributed by atoms with Crippen LogP contribution >= 0.6 is 0 Å². The van der Waals surface area contributed by atoms with Crippen LogP contribution in [0.25, 0.3) is 0 Å². The molecule has 1 aliphatic rings. The van der Waals surface area contributed by atoms with Crippen molar-refractivity contribution in [1.29, 1.82) is 0 Å². The second kappa shape index (κ2) is 9.65. The molecule has 0 aromatic heterocycles. The van der Waals surface area contributed by atoms with E-state index in [1.54, 1.807) is 0 Å². The van der Waals surface area contributed by atoms with E-state index < -0.39 is 39.2 Å². The van der Waals surface area contributed by atoms with E-state index >= 15 is 0 Å². The number of piperidine rings is 1. The summed E-state index contributed by atoms with van der Waals surface area (Å²) in [5.41, 5.74) is 0.299. The predicted molar refractivity (Wildman–Crippen MR) is 109 cm³/mol. The molecule has 0 radical (unpaired) electrons. The van der Waals surface area contributed by atoms with Crippen LogP contribution in [-0.4, -0.2) is 50.7 Å². The molecule has 1 aliphatic heterocycles. The molecule has 1 heterocycles. The first-order chi connectivity index (χ1) is 15.4. The third kappa shape index (κ3) is 7.07. The minimum Gasteiger partial charge on any atom is -0.406 e. The fourth-order valence-corrected chi connectivity index (χ4v) is 3.79. The van der Waals surface area contributed by atoms with Crippen molar-refractivity contribution in [2.24, 2.45) is 0 Å². The molecule has 1 saturated heterocycles. The Morgan fingerprint density at radius 3 is 2.24 bits per heavy atom. The maximum atomic E-state index is 13.2. The van der Waals surface area contributed by atoms with Crippen LogP contribution in [-0.2, 0) is 10.2 Å². The van der Waals surface area contributed by atoms with Gasteiger partial charge in [0.25, 0.3) is 5.91 Å². The van der Waals surface area contributed by atoms with E-state index in [2.05, 4.69) is 15.4 Å². The number of halogens is 4. The van der Waals surface area contributed by atoms with E-state index in [0.29, 0.717) is 12.8 Å². The summed E-state index contributed by atoms with van der Waals surface area (Å²) in [4.78, 5) is 25.6. The number of amides is 3. The van der Waals surface area contributed by atoms with Crippen molar-refractivity contribution >= 4 is 27.8 Å². The maximum absolute atomic E-state index is 13.2. The summed E-state index contributed by atoms with van der Waals surface area (Å²) in [6.45, 7) is 0.555. The van der Waals surface area contributed by atoms with Gasteiger partial charge in [0.1, 0.15) is 5.75 Å². The number of benzene rings is 2. The zero-order chi connectivity index (χ0) is 24.2. The first kappa shape index (κ1) is 24.3. The average Bonchev–Trinajstić information content (AvgIpc) is 2.73. The molecular formula is C20H19F4N3O5S. The van der Waals surface area contributed by atoms with E-state index in [-0.39, 0.29) is 30.4 Å². The van der Waals surface area contributed by atoms with Gasteiger partial charge in [-0.05, 0) is 55.3 Å². The highest BCUT2D eigenvalue weighted by molar-refractivity contribution is 7.86. The van der Waals surface area contributed by atoms with Gasteiger partial charge in [0, 0.05) is 30.4 Å². The zero-order valence-corrected chi connectivity index (χ0v) is 17.7. The summed E-state index contributed by atoms with van der Waals surface area (Å²) in [6, 6.07) is 8.51. The molecule has 3 amide bonds. The minimum atomic E-state index is -4.93. The largest absolute Gasteiger partial charge is 0.573 e. The van der Waals surface area contributed by atoms with Gasteiger partial charge in [-0.15, -0.1) is 17.1 Å². The topological polar surface area (TPSA) is 105 Å². The lowest BCUT2D eigenvalue weighted by Gasteiger charge is -2.32. The highest BCUT2D eigenvalue weighted by Crippen LogP contribution is 2.24.